The molecule has 0 aliphatic rings. The van der Waals surface area contributed by atoms with E-state index in [0.717, 1.165) is 28.5 Å². The zero-order valence-electron chi connectivity index (χ0n) is 24.9. The molecule has 0 amide bonds. The van der Waals surface area contributed by atoms with E-state index in [1.54, 1.807) is 0 Å². The number of nitrogens with zero attached hydrogens (tertiary/aromatic N) is 3. The summed E-state index contributed by atoms with van der Waals surface area (Å²) in [6, 6.07) is 50.1. The SMILES string of the molecule is c1ccc(-c2cc(-n3c4cc5sc6ccccc6c5c5ccc6cc7sc8ccccc8c7c3c6c54)nc(-c3ccccc3)n2)cc1. The predicted octanol–water partition coefficient (Wildman–Crippen LogP) is 12.2. The Morgan fingerprint density at radius 1 is 0.447 bits per heavy atom. The van der Waals surface area contributed by atoms with Crippen LogP contribution in [0, 0.1) is 0 Å². The molecule has 7 aromatic carbocycles. The number of rotatable bonds is 3. The highest BCUT2D eigenvalue weighted by molar-refractivity contribution is 7.26. The molecule has 0 bridgehead atoms. The Morgan fingerprint density at radius 3 is 1.83 bits per heavy atom. The summed E-state index contributed by atoms with van der Waals surface area (Å²) in [5.41, 5.74) is 5.37. The first kappa shape index (κ1) is 25.6. The maximum atomic E-state index is 5.38. The van der Waals surface area contributed by atoms with Crippen molar-refractivity contribution in [3.05, 3.63) is 140 Å². The number of hydrogen-bond acceptors (Lipinski definition) is 4. The molecular weight excluding hydrogens is 611 g/mol. The Morgan fingerprint density at radius 2 is 1.09 bits per heavy atom. The smallest absolute Gasteiger partial charge is 0.162 e. The first-order valence-corrected chi connectivity index (χ1v) is 17.4. The van der Waals surface area contributed by atoms with Crippen LogP contribution in [0.5, 0.6) is 0 Å². The third kappa shape index (κ3) is 3.55. The van der Waals surface area contributed by atoms with Gasteiger partial charge in [0.05, 0.1) is 16.7 Å². The first-order chi connectivity index (χ1) is 23.3. The molecular formula is C42H23N3S2. The maximum Gasteiger partial charge on any atom is 0.162 e. The molecule has 0 radical (unpaired) electrons. The molecule has 0 unspecified atom stereocenters. The third-order valence-corrected chi connectivity index (χ3v) is 11.8. The minimum absolute atomic E-state index is 0.718. The molecule has 0 aliphatic carbocycles. The second-order valence-electron chi connectivity index (χ2n) is 12.2. The third-order valence-electron chi connectivity index (χ3n) is 9.54. The average Bonchev–Trinajstić information content (AvgIpc) is 3.80. The van der Waals surface area contributed by atoms with Gasteiger partial charge in [0.15, 0.2) is 5.82 Å². The summed E-state index contributed by atoms with van der Waals surface area (Å²) in [5.74, 6) is 1.59. The van der Waals surface area contributed by atoms with E-state index in [2.05, 4.69) is 138 Å². The molecule has 4 heterocycles. The first-order valence-electron chi connectivity index (χ1n) is 15.8. The van der Waals surface area contributed by atoms with Crippen molar-refractivity contribution in [3.63, 3.8) is 0 Å². The van der Waals surface area contributed by atoms with E-state index >= 15 is 0 Å². The molecule has 0 N–H and O–H groups in total. The van der Waals surface area contributed by atoms with Gasteiger partial charge in [-0.15, -0.1) is 22.7 Å². The Labute approximate surface area is 276 Å². The maximum absolute atomic E-state index is 5.38. The summed E-state index contributed by atoms with van der Waals surface area (Å²) < 4.78 is 7.63. The fraction of sp³-hybridized carbons (Fsp3) is 0. The van der Waals surface area contributed by atoms with Crippen molar-refractivity contribution in [2.75, 3.05) is 0 Å². The van der Waals surface area contributed by atoms with E-state index in [1.807, 2.05) is 28.7 Å². The molecule has 11 aromatic rings. The highest BCUT2D eigenvalue weighted by Gasteiger charge is 2.25. The van der Waals surface area contributed by atoms with Crippen molar-refractivity contribution in [2.24, 2.45) is 0 Å². The van der Waals surface area contributed by atoms with Gasteiger partial charge in [0.25, 0.3) is 0 Å². The summed E-state index contributed by atoms with van der Waals surface area (Å²) in [6.45, 7) is 0. The molecule has 0 saturated carbocycles. The molecule has 4 aromatic heterocycles. The van der Waals surface area contributed by atoms with E-state index < -0.39 is 0 Å². The molecule has 0 saturated heterocycles. The number of hydrogen-bond donors (Lipinski definition) is 0. The van der Waals surface area contributed by atoms with Crippen LogP contribution in [0.25, 0.3) is 101 Å². The van der Waals surface area contributed by atoms with E-state index in [-0.39, 0.29) is 0 Å². The molecule has 0 aliphatic heterocycles. The lowest BCUT2D eigenvalue weighted by atomic mass is 9.97. The normalized spacial score (nSPS) is 12.3. The van der Waals surface area contributed by atoms with Crippen molar-refractivity contribution in [1.29, 1.82) is 0 Å². The van der Waals surface area contributed by atoms with Gasteiger partial charge >= 0.3 is 0 Å². The molecule has 218 valence electrons. The molecule has 0 fully saturated rings. The Hall–Kier alpha value is -5.62. The molecule has 0 spiro atoms. The van der Waals surface area contributed by atoms with Gasteiger partial charge in [0, 0.05) is 68.3 Å². The Bertz CT molecular complexity index is 2950. The van der Waals surface area contributed by atoms with Crippen LogP contribution in [0.15, 0.2) is 140 Å². The number of aromatic nitrogens is 3. The lowest BCUT2D eigenvalue weighted by molar-refractivity contribution is 1.05. The summed E-state index contributed by atoms with van der Waals surface area (Å²) >= 11 is 3.74. The standard InChI is InChI=1S/C42H23N3S2/c1-3-11-24(12-4-1)30-22-36(44-42(43-30)25-13-5-2-6-14-25)45-31-23-35-38(27-15-7-9-17-32(27)47-35)29-20-19-26-21-34-40(41(45)37(26)39(29)31)28-16-8-10-18-33(28)46-34/h1-23H. The van der Waals surface area contributed by atoms with Crippen LogP contribution in [0.1, 0.15) is 0 Å². The van der Waals surface area contributed by atoms with Crippen LogP contribution >= 0.6 is 22.7 Å². The predicted molar refractivity (Wildman–Crippen MR) is 202 cm³/mol. The van der Waals surface area contributed by atoms with E-state index in [1.165, 1.54) is 72.9 Å². The molecule has 11 rings (SSSR count). The monoisotopic (exact) mass is 633 g/mol. The zero-order chi connectivity index (χ0) is 30.6. The van der Waals surface area contributed by atoms with Crippen LogP contribution in [0.3, 0.4) is 0 Å². The van der Waals surface area contributed by atoms with Gasteiger partial charge in [-0.3, -0.25) is 4.57 Å². The van der Waals surface area contributed by atoms with Gasteiger partial charge in [-0.05, 0) is 35.0 Å². The fourth-order valence-corrected chi connectivity index (χ4v) is 9.88. The van der Waals surface area contributed by atoms with Gasteiger partial charge in [0.2, 0.25) is 0 Å². The zero-order valence-corrected chi connectivity index (χ0v) is 26.6. The van der Waals surface area contributed by atoms with Crippen LogP contribution in [0.2, 0.25) is 0 Å². The molecule has 3 nitrogen and oxygen atoms in total. The van der Waals surface area contributed by atoms with E-state index in [0.29, 0.717) is 0 Å². The molecule has 0 atom stereocenters. The highest BCUT2D eigenvalue weighted by atomic mass is 32.1. The Kier molecular flexibility index (Phi) is 5.14. The number of thiophene rings is 2. The summed E-state index contributed by atoms with van der Waals surface area (Å²) in [7, 11) is 0. The Balaban J connectivity index is 1.38. The van der Waals surface area contributed by atoms with E-state index in [4.69, 9.17) is 9.97 Å². The quantitative estimate of drug-likeness (QED) is 0.181. The van der Waals surface area contributed by atoms with Crippen LogP contribution < -0.4 is 0 Å². The number of fused-ring (bicyclic) bond motifs is 8. The van der Waals surface area contributed by atoms with Gasteiger partial charge in [-0.2, -0.15) is 0 Å². The van der Waals surface area contributed by atoms with Crippen molar-refractivity contribution in [1.82, 2.24) is 14.5 Å². The average molecular weight is 634 g/mol. The van der Waals surface area contributed by atoms with Gasteiger partial charge in [-0.25, -0.2) is 9.97 Å². The second-order valence-corrected chi connectivity index (χ2v) is 14.3. The topological polar surface area (TPSA) is 30.7 Å². The van der Waals surface area contributed by atoms with Gasteiger partial charge in [0.1, 0.15) is 5.82 Å². The van der Waals surface area contributed by atoms with Crippen LogP contribution in [-0.4, -0.2) is 14.5 Å². The van der Waals surface area contributed by atoms with Gasteiger partial charge < -0.3 is 0 Å². The molecule has 5 heteroatoms. The second kappa shape index (κ2) is 9.46. The van der Waals surface area contributed by atoms with Crippen LogP contribution in [-0.2, 0) is 0 Å². The summed E-state index contributed by atoms with van der Waals surface area (Å²) in [5, 5.41) is 10.4. The van der Waals surface area contributed by atoms with Crippen molar-refractivity contribution >= 4 is 95.6 Å². The minimum atomic E-state index is 0.718. The van der Waals surface area contributed by atoms with Gasteiger partial charge in [-0.1, -0.05) is 109 Å². The summed E-state index contributed by atoms with van der Waals surface area (Å²) in [4.78, 5) is 10.5. The van der Waals surface area contributed by atoms with E-state index in [9.17, 15) is 0 Å². The lowest BCUT2D eigenvalue weighted by Crippen LogP contribution is -2.02. The largest absolute Gasteiger partial charge is 0.293 e. The minimum Gasteiger partial charge on any atom is -0.293 e. The van der Waals surface area contributed by atoms with Crippen molar-refractivity contribution in [2.45, 2.75) is 0 Å². The highest BCUT2D eigenvalue weighted by Crippen LogP contribution is 2.50. The van der Waals surface area contributed by atoms with Crippen molar-refractivity contribution < 1.29 is 0 Å². The van der Waals surface area contributed by atoms with Crippen LogP contribution in [0.4, 0.5) is 0 Å². The summed E-state index contributed by atoms with van der Waals surface area (Å²) in [6.07, 6.45) is 0. The molecule has 47 heavy (non-hydrogen) atoms. The lowest BCUT2D eigenvalue weighted by Gasteiger charge is -2.13. The van der Waals surface area contributed by atoms with Crippen molar-refractivity contribution in [3.8, 4) is 28.5 Å². The number of benzene rings is 7. The fourth-order valence-electron chi connectivity index (χ4n) is 7.57.